The minimum Gasteiger partial charge on any atom is -0.493 e. The lowest BCUT2D eigenvalue weighted by atomic mass is 9.80. The van der Waals surface area contributed by atoms with Crippen LogP contribution in [-0.4, -0.2) is 55.9 Å². The quantitative estimate of drug-likeness (QED) is 0.541. The second-order valence-corrected chi connectivity index (χ2v) is 5.86. The molecule has 2 N–H and O–H groups in total. The van der Waals surface area contributed by atoms with Gasteiger partial charge in [0.25, 0.3) is 11.6 Å². The zero-order chi connectivity index (χ0) is 19.3. The molecule has 1 aliphatic rings. The Morgan fingerprint density at radius 3 is 2.35 bits per heavy atom. The Hall–Kier alpha value is -2.88. The molecule has 142 valence electrons. The third-order valence-electron chi connectivity index (χ3n) is 4.43. The molecule has 0 radical (unpaired) electrons. The zero-order valence-electron chi connectivity index (χ0n) is 14.4. The first-order valence-electron chi connectivity index (χ1n) is 7.84. The molecule has 0 bridgehead atoms. The molecule has 0 aliphatic carbocycles. The van der Waals surface area contributed by atoms with E-state index in [1.54, 1.807) is 0 Å². The number of hydrogen-bond donors (Lipinski definition) is 2. The van der Waals surface area contributed by atoms with Crippen LogP contribution in [0.25, 0.3) is 0 Å². The van der Waals surface area contributed by atoms with E-state index in [-0.39, 0.29) is 49.7 Å². The van der Waals surface area contributed by atoms with E-state index in [0.29, 0.717) is 0 Å². The zero-order valence-corrected chi connectivity index (χ0v) is 14.4. The van der Waals surface area contributed by atoms with Crippen LogP contribution in [0.3, 0.4) is 0 Å². The third-order valence-corrected chi connectivity index (χ3v) is 4.43. The van der Waals surface area contributed by atoms with Crippen LogP contribution in [0.5, 0.6) is 11.5 Å². The second-order valence-electron chi connectivity index (χ2n) is 5.86. The van der Waals surface area contributed by atoms with Crippen molar-refractivity contribution in [2.75, 3.05) is 34.0 Å². The largest absolute Gasteiger partial charge is 0.493 e. The van der Waals surface area contributed by atoms with Crippen molar-refractivity contribution in [1.29, 1.82) is 0 Å². The molecule has 2 rings (SSSR count). The van der Waals surface area contributed by atoms with E-state index in [2.05, 4.69) is 5.32 Å². The maximum absolute atomic E-state index is 12.5. The van der Waals surface area contributed by atoms with Gasteiger partial charge in [-0.05, 0) is 12.8 Å². The van der Waals surface area contributed by atoms with Gasteiger partial charge in [0.05, 0.1) is 30.6 Å². The number of carboxylic acid groups (broad SMARTS) is 1. The molecule has 1 heterocycles. The van der Waals surface area contributed by atoms with Gasteiger partial charge in [0, 0.05) is 25.8 Å². The molecular formula is C16H20N2O8. The van der Waals surface area contributed by atoms with E-state index in [9.17, 15) is 24.8 Å². The van der Waals surface area contributed by atoms with Gasteiger partial charge in [0.15, 0.2) is 11.5 Å². The summed E-state index contributed by atoms with van der Waals surface area (Å²) in [7, 11) is 2.66. The van der Waals surface area contributed by atoms with E-state index in [1.807, 2.05) is 0 Å². The van der Waals surface area contributed by atoms with E-state index < -0.39 is 27.9 Å². The van der Waals surface area contributed by atoms with Gasteiger partial charge in [0.2, 0.25) is 0 Å². The summed E-state index contributed by atoms with van der Waals surface area (Å²) in [6.45, 7) is 0.396. The molecule has 26 heavy (non-hydrogen) atoms. The van der Waals surface area contributed by atoms with Gasteiger partial charge >= 0.3 is 5.97 Å². The highest BCUT2D eigenvalue weighted by molar-refractivity contribution is 5.99. The van der Waals surface area contributed by atoms with Gasteiger partial charge in [0.1, 0.15) is 5.56 Å². The number of amides is 1. The van der Waals surface area contributed by atoms with Crippen LogP contribution in [0.15, 0.2) is 12.1 Å². The molecule has 1 saturated heterocycles. The summed E-state index contributed by atoms with van der Waals surface area (Å²) < 4.78 is 15.3. The van der Waals surface area contributed by atoms with E-state index in [0.717, 1.165) is 6.07 Å². The fourth-order valence-corrected chi connectivity index (χ4v) is 2.77. The van der Waals surface area contributed by atoms with Crippen LogP contribution in [0.4, 0.5) is 5.69 Å². The standard InChI is InChI=1S/C16H20N2O8/c1-24-12-7-10(11(18(22)23)8-13(12)25-2)14(19)17-9-16(15(20)21)3-5-26-6-4-16/h7-8H,3-6,9H2,1-2H3,(H,17,19)(H,20,21). The van der Waals surface area contributed by atoms with Crippen LogP contribution < -0.4 is 14.8 Å². The van der Waals surface area contributed by atoms with E-state index in [1.165, 1.54) is 20.3 Å². The van der Waals surface area contributed by atoms with Crippen LogP contribution >= 0.6 is 0 Å². The van der Waals surface area contributed by atoms with Gasteiger partial charge in [-0.2, -0.15) is 0 Å². The second kappa shape index (κ2) is 8.00. The van der Waals surface area contributed by atoms with Gasteiger partial charge in [-0.25, -0.2) is 0 Å². The number of ether oxygens (including phenoxy) is 3. The van der Waals surface area contributed by atoms with Crippen molar-refractivity contribution >= 4 is 17.6 Å². The molecule has 10 heteroatoms. The minimum atomic E-state index is -1.15. The summed E-state index contributed by atoms with van der Waals surface area (Å²) in [5.74, 6) is -1.53. The molecule has 1 amide bonds. The molecular weight excluding hydrogens is 348 g/mol. The number of nitrogens with one attached hydrogen (secondary N) is 1. The Morgan fingerprint density at radius 1 is 1.27 bits per heavy atom. The summed E-state index contributed by atoms with van der Waals surface area (Å²) in [4.78, 5) is 34.7. The Morgan fingerprint density at radius 2 is 1.85 bits per heavy atom. The lowest BCUT2D eigenvalue weighted by Crippen LogP contribution is -2.46. The third kappa shape index (κ3) is 3.85. The van der Waals surface area contributed by atoms with Gasteiger partial charge < -0.3 is 24.6 Å². The highest BCUT2D eigenvalue weighted by Gasteiger charge is 2.41. The number of hydrogen-bond acceptors (Lipinski definition) is 7. The monoisotopic (exact) mass is 368 g/mol. The number of aliphatic carboxylic acids is 1. The fourth-order valence-electron chi connectivity index (χ4n) is 2.77. The molecule has 10 nitrogen and oxygen atoms in total. The lowest BCUT2D eigenvalue weighted by Gasteiger charge is -2.33. The van der Waals surface area contributed by atoms with Crippen molar-refractivity contribution in [1.82, 2.24) is 5.32 Å². The van der Waals surface area contributed by atoms with Crippen LogP contribution in [0.2, 0.25) is 0 Å². The molecule has 1 aliphatic heterocycles. The first kappa shape index (κ1) is 19.4. The number of carbonyl (C=O) groups excluding carboxylic acids is 1. The average molecular weight is 368 g/mol. The summed E-state index contributed by atoms with van der Waals surface area (Å²) in [6.07, 6.45) is 0.493. The molecule has 0 atom stereocenters. The Kier molecular flexibility index (Phi) is 5.98. The number of carbonyl (C=O) groups is 2. The van der Waals surface area contributed by atoms with Crippen molar-refractivity contribution in [2.45, 2.75) is 12.8 Å². The summed E-state index contributed by atoms with van der Waals surface area (Å²) in [5, 5.41) is 23.3. The summed E-state index contributed by atoms with van der Waals surface area (Å²) in [6, 6.07) is 2.29. The molecule has 0 saturated carbocycles. The predicted molar refractivity (Wildman–Crippen MR) is 88.7 cm³/mol. The normalized spacial score (nSPS) is 15.8. The number of rotatable bonds is 7. The Balaban J connectivity index is 2.28. The Bertz CT molecular complexity index is 712. The van der Waals surface area contributed by atoms with Crippen molar-refractivity contribution in [3.63, 3.8) is 0 Å². The average Bonchev–Trinajstić information content (AvgIpc) is 2.65. The number of benzene rings is 1. The molecule has 1 aromatic carbocycles. The number of carboxylic acids is 1. The van der Waals surface area contributed by atoms with E-state index in [4.69, 9.17) is 14.2 Å². The summed E-state index contributed by atoms with van der Waals surface area (Å²) >= 11 is 0. The molecule has 0 spiro atoms. The number of nitro groups is 1. The maximum Gasteiger partial charge on any atom is 0.311 e. The SMILES string of the molecule is COc1cc(C(=O)NCC2(C(=O)O)CCOCC2)c([N+](=O)[O-])cc1OC. The highest BCUT2D eigenvalue weighted by Crippen LogP contribution is 2.35. The van der Waals surface area contributed by atoms with Crippen LogP contribution in [-0.2, 0) is 9.53 Å². The topological polar surface area (TPSA) is 137 Å². The first-order valence-corrected chi connectivity index (χ1v) is 7.84. The summed E-state index contributed by atoms with van der Waals surface area (Å²) in [5.41, 5.74) is -1.85. The molecule has 1 aromatic rings. The van der Waals surface area contributed by atoms with Gasteiger partial charge in [-0.3, -0.25) is 19.7 Å². The van der Waals surface area contributed by atoms with Crippen molar-refractivity contribution < 1.29 is 33.8 Å². The van der Waals surface area contributed by atoms with Gasteiger partial charge in [-0.15, -0.1) is 0 Å². The minimum absolute atomic E-state index is 0.113. The molecule has 0 unspecified atom stereocenters. The highest BCUT2D eigenvalue weighted by atomic mass is 16.6. The van der Waals surface area contributed by atoms with Crippen molar-refractivity contribution in [3.8, 4) is 11.5 Å². The lowest BCUT2D eigenvalue weighted by molar-refractivity contribution is -0.385. The number of nitrogens with zero attached hydrogens (tertiary/aromatic N) is 1. The van der Waals surface area contributed by atoms with Crippen LogP contribution in [0.1, 0.15) is 23.2 Å². The molecule has 1 fully saturated rings. The number of methoxy groups -OCH3 is 2. The van der Waals surface area contributed by atoms with E-state index >= 15 is 0 Å². The first-order chi connectivity index (χ1) is 12.3. The fraction of sp³-hybridized carbons (Fsp3) is 0.500. The van der Waals surface area contributed by atoms with Gasteiger partial charge in [-0.1, -0.05) is 0 Å². The molecule has 0 aromatic heterocycles. The van der Waals surface area contributed by atoms with Crippen molar-refractivity contribution in [2.24, 2.45) is 5.41 Å². The van der Waals surface area contributed by atoms with Crippen molar-refractivity contribution in [3.05, 3.63) is 27.8 Å². The number of nitro benzene ring substituents is 1. The maximum atomic E-state index is 12.5. The van der Waals surface area contributed by atoms with Crippen LogP contribution in [0, 0.1) is 15.5 Å². The smallest absolute Gasteiger partial charge is 0.311 e. The Labute approximate surface area is 149 Å². The predicted octanol–water partition coefficient (Wildman–Crippen LogP) is 1.22.